The summed E-state index contributed by atoms with van der Waals surface area (Å²) >= 11 is 0. The smallest absolute Gasteiger partial charge is 0.387 e. The van der Waals surface area contributed by atoms with Crippen molar-refractivity contribution in [1.82, 2.24) is 0 Å². The summed E-state index contributed by atoms with van der Waals surface area (Å²) in [5, 5.41) is 22.9. The van der Waals surface area contributed by atoms with E-state index in [0.717, 1.165) is 5.56 Å². The van der Waals surface area contributed by atoms with E-state index < -0.39 is 11.5 Å². The van der Waals surface area contributed by atoms with Gasteiger partial charge in [-0.3, -0.25) is 10.1 Å². The molecule has 0 aliphatic carbocycles. The molecule has 0 amide bonds. The van der Waals surface area contributed by atoms with Gasteiger partial charge in [0.25, 0.3) is 5.69 Å². The topological polar surface area (TPSA) is 88.2 Å². The molecule has 2 aromatic rings. The summed E-state index contributed by atoms with van der Waals surface area (Å²) in [7, 11) is 0. The van der Waals surface area contributed by atoms with Gasteiger partial charge in [-0.2, -0.15) is 14.0 Å². The fraction of sp³-hybridized carbons (Fsp3) is 0.188. The van der Waals surface area contributed by atoms with Gasteiger partial charge in [0.15, 0.2) is 0 Å². The molecule has 0 bridgehead atoms. The van der Waals surface area contributed by atoms with E-state index in [2.05, 4.69) is 10.1 Å². The number of nitrogens with one attached hydrogen (secondary N) is 1. The number of halogens is 2. The Morgan fingerprint density at radius 3 is 2.46 bits per heavy atom. The Labute approximate surface area is 136 Å². The third kappa shape index (κ3) is 4.16. The highest BCUT2D eigenvalue weighted by molar-refractivity contribution is 5.62. The zero-order valence-corrected chi connectivity index (χ0v) is 12.6. The lowest BCUT2D eigenvalue weighted by Crippen LogP contribution is -2.08. The molecule has 1 atom stereocenters. The first-order valence-corrected chi connectivity index (χ1v) is 6.90. The maximum Gasteiger partial charge on any atom is 0.387 e. The van der Waals surface area contributed by atoms with Crippen molar-refractivity contribution < 1.29 is 18.4 Å². The highest BCUT2D eigenvalue weighted by Crippen LogP contribution is 2.26. The van der Waals surface area contributed by atoms with Crippen molar-refractivity contribution in [2.45, 2.75) is 19.6 Å². The Morgan fingerprint density at radius 1 is 1.25 bits per heavy atom. The van der Waals surface area contributed by atoms with E-state index in [1.54, 1.807) is 12.1 Å². The second-order valence-electron chi connectivity index (χ2n) is 4.91. The van der Waals surface area contributed by atoms with Gasteiger partial charge in [0.2, 0.25) is 0 Å². The Balaban J connectivity index is 2.16. The van der Waals surface area contributed by atoms with Crippen LogP contribution in [0, 0.1) is 21.4 Å². The van der Waals surface area contributed by atoms with E-state index in [-0.39, 0.29) is 23.0 Å². The number of nitro benzene ring substituents is 1. The maximum atomic E-state index is 12.1. The zero-order chi connectivity index (χ0) is 17.7. The molecule has 124 valence electrons. The zero-order valence-electron chi connectivity index (χ0n) is 12.6. The maximum absolute atomic E-state index is 12.1. The molecule has 0 fully saturated rings. The minimum absolute atomic E-state index is 0.0500. The molecule has 1 N–H and O–H groups in total. The van der Waals surface area contributed by atoms with Crippen LogP contribution in [0.5, 0.6) is 5.75 Å². The van der Waals surface area contributed by atoms with Gasteiger partial charge in [0.1, 0.15) is 11.8 Å². The summed E-state index contributed by atoms with van der Waals surface area (Å²) in [6.45, 7) is -1.07. The number of hydrogen-bond acceptors (Lipinski definition) is 5. The number of nitriles is 1. The molecule has 0 radical (unpaired) electrons. The summed E-state index contributed by atoms with van der Waals surface area (Å²) in [5.41, 5.74) is 1.20. The van der Waals surface area contributed by atoms with E-state index in [9.17, 15) is 18.9 Å². The van der Waals surface area contributed by atoms with Gasteiger partial charge >= 0.3 is 6.61 Å². The van der Waals surface area contributed by atoms with Gasteiger partial charge in [0, 0.05) is 18.2 Å². The lowest BCUT2D eigenvalue weighted by atomic mass is 10.1. The van der Waals surface area contributed by atoms with Crippen LogP contribution in [0.15, 0.2) is 42.5 Å². The molecule has 0 unspecified atom stereocenters. The summed E-state index contributed by atoms with van der Waals surface area (Å²) in [5.74, 6) is 0.0500. The summed E-state index contributed by atoms with van der Waals surface area (Å²) in [4.78, 5) is 10.2. The molecule has 0 saturated heterocycles. The van der Waals surface area contributed by atoms with Crippen LogP contribution in [-0.2, 0) is 0 Å². The molecule has 2 aromatic carbocycles. The van der Waals surface area contributed by atoms with Gasteiger partial charge in [-0.15, -0.1) is 0 Å². The molecule has 0 spiro atoms. The molecule has 0 aromatic heterocycles. The molecule has 0 aliphatic rings. The second-order valence-corrected chi connectivity index (χ2v) is 4.91. The van der Waals surface area contributed by atoms with Crippen LogP contribution in [0.1, 0.15) is 24.1 Å². The molecule has 2 rings (SSSR count). The second kappa shape index (κ2) is 7.37. The molecule has 6 nitrogen and oxygen atoms in total. The minimum Gasteiger partial charge on any atom is -0.435 e. The van der Waals surface area contributed by atoms with E-state index >= 15 is 0 Å². The summed E-state index contributed by atoms with van der Waals surface area (Å²) in [6.07, 6.45) is 0. The Morgan fingerprint density at radius 2 is 1.92 bits per heavy atom. The first kappa shape index (κ1) is 17.1. The standard InChI is InChI=1S/C16H13F2N3O3/c1-10(11-2-5-14(6-3-11)24-16(17)18)20-15-7-4-13(21(22)23)8-12(15)9-19/h2-8,10,16,20H,1H3/t10-/m0/s1. The van der Waals surface area contributed by atoms with Crippen LogP contribution in [0.25, 0.3) is 0 Å². The quantitative estimate of drug-likeness (QED) is 0.631. The lowest BCUT2D eigenvalue weighted by Gasteiger charge is -2.17. The Kier molecular flexibility index (Phi) is 5.27. The van der Waals surface area contributed by atoms with Gasteiger partial charge in [0.05, 0.1) is 16.2 Å². The summed E-state index contributed by atoms with van der Waals surface area (Å²) < 4.78 is 28.5. The predicted octanol–water partition coefficient (Wildman–Crippen LogP) is 4.24. The monoisotopic (exact) mass is 333 g/mol. The van der Waals surface area contributed by atoms with E-state index in [4.69, 9.17) is 5.26 Å². The number of ether oxygens (including phenoxy) is 1. The fourth-order valence-electron chi connectivity index (χ4n) is 2.12. The van der Waals surface area contributed by atoms with Crippen molar-refractivity contribution in [2.24, 2.45) is 0 Å². The molecule has 0 saturated carbocycles. The van der Waals surface area contributed by atoms with E-state index in [1.807, 2.05) is 13.0 Å². The number of non-ortho nitro benzene ring substituents is 1. The van der Waals surface area contributed by atoms with Gasteiger partial charge in [-0.05, 0) is 30.7 Å². The van der Waals surface area contributed by atoms with Crippen molar-refractivity contribution in [3.63, 3.8) is 0 Å². The van der Waals surface area contributed by atoms with Gasteiger partial charge in [-0.1, -0.05) is 12.1 Å². The van der Waals surface area contributed by atoms with Crippen LogP contribution < -0.4 is 10.1 Å². The number of nitrogens with zero attached hydrogens (tertiary/aromatic N) is 2. The largest absolute Gasteiger partial charge is 0.435 e. The normalized spacial score (nSPS) is 11.6. The lowest BCUT2D eigenvalue weighted by molar-refractivity contribution is -0.384. The first-order chi connectivity index (χ1) is 11.4. The van der Waals surface area contributed by atoms with Crippen LogP contribution in [0.3, 0.4) is 0 Å². The molecule has 0 heterocycles. The Hall–Kier alpha value is -3.21. The fourth-order valence-corrected chi connectivity index (χ4v) is 2.12. The number of anilines is 1. The minimum atomic E-state index is -2.88. The number of nitro groups is 1. The average molecular weight is 333 g/mol. The van der Waals surface area contributed by atoms with Crippen molar-refractivity contribution >= 4 is 11.4 Å². The van der Waals surface area contributed by atoms with Crippen LogP contribution in [-0.4, -0.2) is 11.5 Å². The van der Waals surface area contributed by atoms with Crippen LogP contribution in [0.2, 0.25) is 0 Å². The Bertz CT molecular complexity index is 773. The van der Waals surface area contributed by atoms with Gasteiger partial charge < -0.3 is 10.1 Å². The molecule has 8 heteroatoms. The molecule has 24 heavy (non-hydrogen) atoms. The number of alkyl halides is 2. The number of rotatable bonds is 6. The van der Waals surface area contributed by atoms with Crippen LogP contribution >= 0.6 is 0 Å². The highest BCUT2D eigenvalue weighted by atomic mass is 19.3. The molecular weight excluding hydrogens is 320 g/mol. The van der Waals surface area contributed by atoms with Crippen molar-refractivity contribution in [1.29, 1.82) is 5.26 Å². The number of benzene rings is 2. The average Bonchev–Trinajstić information content (AvgIpc) is 2.55. The molecule has 0 aliphatic heterocycles. The van der Waals surface area contributed by atoms with Crippen molar-refractivity contribution in [2.75, 3.05) is 5.32 Å². The third-order valence-electron chi connectivity index (χ3n) is 3.31. The van der Waals surface area contributed by atoms with Crippen molar-refractivity contribution in [3.05, 3.63) is 63.7 Å². The molecular formula is C16H13F2N3O3. The van der Waals surface area contributed by atoms with E-state index in [0.29, 0.717) is 5.69 Å². The van der Waals surface area contributed by atoms with Crippen LogP contribution in [0.4, 0.5) is 20.2 Å². The number of hydrogen-bond donors (Lipinski definition) is 1. The van der Waals surface area contributed by atoms with E-state index in [1.165, 1.54) is 30.3 Å². The third-order valence-corrected chi connectivity index (χ3v) is 3.31. The van der Waals surface area contributed by atoms with Crippen molar-refractivity contribution in [3.8, 4) is 11.8 Å². The SMILES string of the molecule is C[C@H](Nc1ccc([N+](=O)[O-])cc1C#N)c1ccc(OC(F)F)cc1. The predicted molar refractivity (Wildman–Crippen MR) is 82.9 cm³/mol. The summed E-state index contributed by atoms with van der Waals surface area (Å²) in [6, 6.07) is 11.7. The highest BCUT2D eigenvalue weighted by Gasteiger charge is 2.13. The first-order valence-electron chi connectivity index (χ1n) is 6.90. The van der Waals surface area contributed by atoms with Gasteiger partial charge in [-0.25, -0.2) is 0 Å².